The molecular formula is C13H19N3. The maximum atomic E-state index is 5.96. The van der Waals surface area contributed by atoms with Gasteiger partial charge >= 0.3 is 0 Å². The number of aromatic nitrogens is 2. The fraction of sp³-hybridized carbons (Fsp3) is 0.462. The molecule has 0 atom stereocenters. The van der Waals surface area contributed by atoms with Crippen molar-refractivity contribution < 1.29 is 0 Å². The Kier molecular flexibility index (Phi) is 2.62. The number of nitrogen functional groups attached to an aromatic ring is 1. The number of hydrogen-bond acceptors (Lipinski definition) is 2. The van der Waals surface area contributed by atoms with Gasteiger partial charge in [-0.05, 0) is 26.0 Å². The Morgan fingerprint density at radius 1 is 1.19 bits per heavy atom. The third-order valence-electron chi connectivity index (χ3n) is 2.81. The predicted octanol–water partition coefficient (Wildman–Crippen LogP) is 3.32. The second-order valence-electron chi connectivity index (χ2n) is 4.80. The van der Waals surface area contributed by atoms with E-state index in [1.807, 2.05) is 12.1 Å². The van der Waals surface area contributed by atoms with Crippen molar-refractivity contribution in [1.29, 1.82) is 0 Å². The molecule has 1 heterocycles. The van der Waals surface area contributed by atoms with Gasteiger partial charge in [0, 0.05) is 12.0 Å². The molecule has 2 rings (SSSR count). The van der Waals surface area contributed by atoms with Crippen LogP contribution in [0.1, 0.15) is 45.5 Å². The number of anilines is 1. The lowest BCUT2D eigenvalue weighted by Crippen LogP contribution is -2.07. The van der Waals surface area contributed by atoms with Crippen molar-refractivity contribution in [3.8, 4) is 0 Å². The fourth-order valence-electron chi connectivity index (χ4n) is 2.11. The average molecular weight is 217 g/mol. The van der Waals surface area contributed by atoms with Gasteiger partial charge < -0.3 is 10.3 Å². The van der Waals surface area contributed by atoms with Crippen LogP contribution in [0.5, 0.6) is 0 Å². The minimum atomic E-state index is 0.407. The molecule has 0 aliphatic carbocycles. The van der Waals surface area contributed by atoms with E-state index in [9.17, 15) is 0 Å². The van der Waals surface area contributed by atoms with Gasteiger partial charge in [-0.1, -0.05) is 19.9 Å². The van der Waals surface area contributed by atoms with Crippen molar-refractivity contribution in [2.75, 3.05) is 5.73 Å². The van der Waals surface area contributed by atoms with E-state index in [1.165, 1.54) is 0 Å². The highest BCUT2D eigenvalue weighted by atomic mass is 15.1. The van der Waals surface area contributed by atoms with Gasteiger partial charge in [0.15, 0.2) is 0 Å². The number of nitrogens with two attached hydrogens (primary N) is 1. The van der Waals surface area contributed by atoms with Crippen LogP contribution >= 0.6 is 0 Å². The maximum absolute atomic E-state index is 5.96. The smallest absolute Gasteiger partial charge is 0.112 e. The number of hydrogen-bond donors (Lipinski definition) is 1. The first-order valence-electron chi connectivity index (χ1n) is 5.78. The van der Waals surface area contributed by atoms with Crippen molar-refractivity contribution in [3.05, 3.63) is 24.0 Å². The number of benzene rings is 1. The Bertz CT molecular complexity index is 509. The molecule has 2 N–H and O–H groups in total. The molecule has 0 saturated heterocycles. The Morgan fingerprint density at radius 3 is 2.44 bits per heavy atom. The summed E-state index contributed by atoms with van der Waals surface area (Å²) in [6, 6.07) is 6.39. The van der Waals surface area contributed by atoms with Gasteiger partial charge in [-0.3, -0.25) is 0 Å². The van der Waals surface area contributed by atoms with Gasteiger partial charge in [-0.25, -0.2) is 4.98 Å². The monoisotopic (exact) mass is 217 g/mol. The zero-order valence-corrected chi connectivity index (χ0v) is 10.4. The molecule has 0 radical (unpaired) electrons. The van der Waals surface area contributed by atoms with Crippen molar-refractivity contribution in [2.45, 2.75) is 39.7 Å². The lowest BCUT2D eigenvalue weighted by Gasteiger charge is -2.14. The molecule has 3 nitrogen and oxygen atoms in total. The summed E-state index contributed by atoms with van der Waals surface area (Å²) < 4.78 is 2.27. The molecule has 0 saturated carbocycles. The van der Waals surface area contributed by atoms with E-state index in [-0.39, 0.29) is 0 Å². The molecule has 0 aliphatic rings. The SMILES string of the molecule is CC(C)c1nc2c(N)cccc2n1C(C)C. The van der Waals surface area contributed by atoms with Crippen LogP contribution in [0.25, 0.3) is 11.0 Å². The summed E-state index contributed by atoms with van der Waals surface area (Å²) in [4.78, 5) is 4.67. The van der Waals surface area contributed by atoms with Gasteiger partial charge in [0.25, 0.3) is 0 Å². The van der Waals surface area contributed by atoms with Gasteiger partial charge in [0.2, 0.25) is 0 Å². The van der Waals surface area contributed by atoms with Crippen LogP contribution in [0.4, 0.5) is 5.69 Å². The normalized spacial score (nSPS) is 11.9. The number of para-hydroxylation sites is 1. The van der Waals surface area contributed by atoms with Crippen LogP contribution in [0.15, 0.2) is 18.2 Å². The largest absolute Gasteiger partial charge is 0.397 e. The van der Waals surface area contributed by atoms with Crippen LogP contribution in [0, 0.1) is 0 Å². The first kappa shape index (κ1) is 11.0. The molecule has 0 bridgehead atoms. The molecule has 86 valence electrons. The van der Waals surface area contributed by atoms with Crippen molar-refractivity contribution in [1.82, 2.24) is 9.55 Å². The van der Waals surface area contributed by atoms with E-state index in [2.05, 4.69) is 43.3 Å². The van der Waals surface area contributed by atoms with Crippen LogP contribution in [-0.4, -0.2) is 9.55 Å². The van der Waals surface area contributed by atoms with E-state index < -0.39 is 0 Å². The molecule has 0 unspecified atom stereocenters. The highest BCUT2D eigenvalue weighted by Gasteiger charge is 2.16. The first-order valence-corrected chi connectivity index (χ1v) is 5.78. The quantitative estimate of drug-likeness (QED) is 0.784. The molecule has 0 spiro atoms. The van der Waals surface area contributed by atoms with Crippen molar-refractivity contribution >= 4 is 16.7 Å². The highest BCUT2D eigenvalue weighted by Crippen LogP contribution is 2.28. The summed E-state index contributed by atoms with van der Waals surface area (Å²) in [6.07, 6.45) is 0. The van der Waals surface area contributed by atoms with E-state index in [0.717, 1.165) is 22.5 Å². The van der Waals surface area contributed by atoms with Crippen molar-refractivity contribution in [2.24, 2.45) is 0 Å². The lowest BCUT2D eigenvalue weighted by atomic mass is 10.2. The van der Waals surface area contributed by atoms with Gasteiger partial charge in [0.05, 0.1) is 11.2 Å². The Labute approximate surface area is 96.3 Å². The molecule has 0 amide bonds. The number of rotatable bonds is 2. The second kappa shape index (κ2) is 3.81. The zero-order valence-electron chi connectivity index (χ0n) is 10.4. The summed E-state index contributed by atoms with van der Waals surface area (Å²) in [6.45, 7) is 8.68. The standard InChI is InChI=1S/C13H19N3/c1-8(2)13-15-12-10(14)6-5-7-11(12)16(13)9(3)4/h5-9H,14H2,1-4H3. The van der Waals surface area contributed by atoms with Gasteiger partial charge in [-0.15, -0.1) is 0 Å². The van der Waals surface area contributed by atoms with Crippen LogP contribution in [0.2, 0.25) is 0 Å². The molecule has 3 heteroatoms. The van der Waals surface area contributed by atoms with E-state index in [1.54, 1.807) is 0 Å². The number of fused-ring (bicyclic) bond motifs is 1. The van der Waals surface area contributed by atoms with E-state index >= 15 is 0 Å². The molecular weight excluding hydrogens is 198 g/mol. The van der Waals surface area contributed by atoms with Gasteiger partial charge in [0.1, 0.15) is 11.3 Å². The zero-order chi connectivity index (χ0) is 11.9. The summed E-state index contributed by atoms with van der Waals surface area (Å²) in [5, 5.41) is 0. The average Bonchev–Trinajstić information content (AvgIpc) is 2.58. The lowest BCUT2D eigenvalue weighted by molar-refractivity contribution is 0.564. The minimum absolute atomic E-state index is 0.407. The summed E-state index contributed by atoms with van der Waals surface area (Å²) in [7, 11) is 0. The summed E-state index contributed by atoms with van der Waals surface area (Å²) in [5.74, 6) is 1.53. The van der Waals surface area contributed by atoms with E-state index in [0.29, 0.717) is 12.0 Å². The van der Waals surface area contributed by atoms with Crippen LogP contribution in [-0.2, 0) is 0 Å². The third-order valence-corrected chi connectivity index (χ3v) is 2.81. The third kappa shape index (κ3) is 1.56. The maximum Gasteiger partial charge on any atom is 0.112 e. The molecule has 1 aromatic heterocycles. The number of nitrogens with zero attached hydrogens (tertiary/aromatic N) is 2. The van der Waals surface area contributed by atoms with E-state index in [4.69, 9.17) is 5.73 Å². The Hall–Kier alpha value is -1.51. The minimum Gasteiger partial charge on any atom is -0.397 e. The molecule has 0 fully saturated rings. The molecule has 0 aliphatic heterocycles. The topological polar surface area (TPSA) is 43.8 Å². The molecule has 1 aromatic carbocycles. The molecule has 16 heavy (non-hydrogen) atoms. The summed E-state index contributed by atoms with van der Waals surface area (Å²) >= 11 is 0. The van der Waals surface area contributed by atoms with Crippen molar-refractivity contribution in [3.63, 3.8) is 0 Å². The predicted molar refractivity (Wildman–Crippen MR) is 68.6 cm³/mol. The summed E-state index contributed by atoms with van der Waals surface area (Å²) in [5.41, 5.74) is 8.79. The Morgan fingerprint density at radius 2 is 1.88 bits per heavy atom. The number of imidazole rings is 1. The molecule has 2 aromatic rings. The second-order valence-corrected chi connectivity index (χ2v) is 4.80. The van der Waals surface area contributed by atoms with Crippen LogP contribution in [0.3, 0.4) is 0 Å². The Balaban J connectivity index is 2.81. The fourth-order valence-corrected chi connectivity index (χ4v) is 2.11. The van der Waals surface area contributed by atoms with Gasteiger partial charge in [-0.2, -0.15) is 0 Å². The highest BCUT2D eigenvalue weighted by molar-refractivity contribution is 5.87. The van der Waals surface area contributed by atoms with Crippen LogP contribution < -0.4 is 5.73 Å². The first-order chi connectivity index (χ1) is 7.52.